The Morgan fingerprint density at radius 3 is 2.57 bits per heavy atom. The molecule has 0 atom stereocenters. The lowest BCUT2D eigenvalue weighted by Gasteiger charge is -2.07. The number of rotatable bonds is 6. The molecule has 0 heterocycles. The molecule has 1 amide bonds. The highest BCUT2D eigenvalue weighted by atomic mass is 16.1. The third-order valence-corrected chi connectivity index (χ3v) is 2.68. The van der Waals surface area contributed by atoms with Gasteiger partial charge < -0.3 is 5.32 Å². The molecule has 0 aromatic heterocycles. The van der Waals surface area contributed by atoms with Gasteiger partial charge in [0.1, 0.15) is 0 Å². The van der Waals surface area contributed by atoms with Gasteiger partial charge in [0.15, 0.2) is 0 Å². The van der Waals surface area contributed by atoms with Crippen LogP contribution in [0.15, 0.2) is 53.6 Å². The third kappa shape index (κ3) is 7.25. The average Bonchev–Trinajstić information content (AvgIpc) is 2.54. The lowest BCUT2D eigenvalue weighted by molar-refractivity contribution is -0.117. The van der Waals surface area contributed by atoms with Crippen molar-refractivity contribution in [1.29, 1.82) is 0 Å². The Bertz CT molecular complexity index is 502. The van der Waals surface area contributed by atoms with Crippen LogP contribution in [-0.4, -0.2) is 19.2 Å². The first kappa shape index (κ1) is 18.8. The van der Waals surface area contributed by atoms with E-state index < -0.39 is 0 Å². The standard InChI is InChI=1S/C16H20N2O.C2H6/c1-4-7-15(12-17-3)16(19)18-11-14-9-6-8-13(5-2)10-14;1-2/h4,6-10,12H,1,5,11H2,2-3H3,(H,18,19);1-2H3/b15-7+,17-12?;. The number of benzene rings is 1. The van der Waals surface area contributed by atoms with Crippen LogP contribution in [0.4, 0.5) is 0 Å². The second kappa shape index (κ2) is 11.6. The molecule has 0 spiro atoms. The maximum Gasteiger partial charge on any atom is 0.253 e. The fourth-order valence-corrected chi connectivity index (χ4v) is 1.69. The van der Waals surface area contributed by atoms with Crippen LogP contribution in [0.2, 0.25) is 0 Å². The number of allylic oxidation sites excluding steroid dienone is 2. The first-order chi connectivity index (χ1) is 10.2. The van der Waals surface area contributed by atoms with E-state index in [9.17, 15) is 4.79 Å². The van der Waals surface area contributed by atoms with Crippen molar-refractivity contribution in [2.45, 2.75) is 33.7 Å². The Balaban J connectivity index is 0.00000191. The fourth-order valence-electron chi connectivity index (χ4n) is 1.69. The lowest BCUT2D eigenvalue weighted by atomic mass is 10.1. The van der Waals surface area contributed by atoms with Crippen molar-refractivity contribution in [3.05, 3.63) is 59.7 Å². The van der Waals surface area contributed by atoms with Crippen molar-refractivity contribution >= 4 is 12.1 Å². The van der Waals surface area contributed by atoms with Crippen LogP contribution in [0.5, 0.6) is 0 Å². The molecular formula is C18H26N2O. The molecule has 1 aromatic rings. The van der Waals surface area contributed by atoms with E-state index in [-0.39, 0.29) is 5.91 Å². The van der Waals surface area contributed by atoms with E-state index in [1.165, 1.54) is 11.8 Å². The van der Waals surface area contributed by atoms with Crippen molar-refractivity contribution < 1.29 is 4.79 Å². The summed E-state index contributed by atoms with van der Waals surface area (Å²) >= 11 is 0. The fraction of sp³-hybridized carbons (Fsp3) is 0.333. The van der Waals surface area contributed by atoms with Crippen molar-refractivity contribution in [3.63, 3.8) is 0 Å². The molecule has 0 bridgehead atoms. The number of aliphatic imine (C=N–C) groups is 1. The molecule has 0 aliphatic rings. The molecule has 3 nitrogen and oxygen atoms in total. The number of amides is 1. The van der Waals surface area contributed by atoms with Crippen LogP contribution >= 0.6 is 0 Å². The zero-order valence-corrected chi connectivity index (χ0v) is 13.5. The van der Waals surface area contributed by atoms with E-state index in [1.807, 2.05) is 26.0 Å². The van der Waals surface area contributed by atoms with Crippen molar-refractivity contribution in [2.75, 3.05) is 7.05 Å². The van der Waals surface area contributed by atoms with Gasteiger partial charge in [-0.25, -0.2) is 0 Å². The zero-order valence-electron chi connectivity index (χ0n) is 13.5. The highest BCUT2D eigenvalue weighted by Crippen LogP contribution is 2.06. The molecule has 0 aliphatic heterocycles. The molecular weight excluding hydrogens is 260 g/mol. The largest absolute Gasteiger partial charge is 0.348 e. The van der Waals surface area contributed by atoms with Gasteiger partial charge in [-0.3, -0.25) is 9.79 Å². The summed E-state index contributed by atoms with van der Waals surface area (Å²) in [7, 11) is 1.63. The Morgan fingerprint density at radius 2 is 2.00 bits per heavy atom. The maximum atomic E-state index is 11.9. The third-order valence-electron chi connectivity index (χ3n) is 2.68. The van der Waals surface area contributed by atoms with Gasteiger partial charge in [-0.2, -0.15) is 0 Å². The highest BCUT2D eigenvalue weighted by molar-refractivity contribution is 6.12. The molecule has 114 valence electrons. The second-order valence-corrected chi connectivity index (χ2v) is 4.10. The Labute approximate surface area is 128 Å². The van der Waals surface area contributed by atoms with Crippen molar-refractivity contribution in [2.24, 2.45) is 4.99 Å². The summed E-state index contributed by atoms with van der Waals surface area (Å²) in [6, 6.07) is 8.20. The normalized spacial score (nSPS) is 10.8. The van der Waals surface area contributed by atoms with Crippen LogP contribution in [0.1, 0.15) is 31.9 Å². The van der Waals surface area contributed by atoms with Crippen LogP contribution in [-0.2, 0) is 17.8 Å². The number of carbonyl (C=O) groups excluding carboxylic acids is 1. The SMILES string of the molecule is C=C/C=C(\C=NC)C(=O)NCc1cccc(CC)c1.CC. The van der Waals surface area contributed by atoms with Gasteiger partial charge in [0.2, 0.25) is 0 Å². The van der Waals surface area contributed by atoms with Crippen molar-refractivity contribution in [1.82, 2.24) is 5.32 Å². The zero-order chi connectivity index (χ0) is 16.1. The van der Waals surface area contributed by atoms with Gasteiger partial charge in [0.25, 0.3) is 5.91 Å². The number of hydrogen-bond acceptors (Lipinski definition) is 2. The van der Waals surface area contributed by atoms with Gasteiger partial charge in [-0.1, -0.05) is 57.7 Å². The Kier molecular flexibility index (Phi) is 10.5. The summed E-state index contributed by atoms with van der Waals surface area (Å²) in [6.45, 7) is 10.2. The Hall–Kier alpha value is -2.16. The smallest absolute Gasteiger partial charge is 0.253 e. The minimum Gasteiger partial charge on any atom is -0.348 e. The molecule has 0 saturated heterocycles. The summed E-state index contributed by atoms with van der Waals surface area (Å²) in [5.74, 6) is -0.146. The average molecular weight is 286 g/mol. The first-order valence-corrected chi connectivity index (χ1v) is 7.32. The minimum absolute atomic E-state index is 0.146. The van der Waals surface area contributed by atoms with E-state index >= 15 is 0 Å². The first-order valence-electron chi connectivity index (χ1n) is 7.32. The number of aryl methyl sites for hydroxylation is 1. The van der Waals surface area contributed by atoms with Gasteiger partial charge >= 0.3 is 0 Å². The summed E-state index contributed by atoms with van der Waals surface area (Å²) in [5.41, 5.74) is 2.87. The predicted molar refractivity (Wildman–Crippen MR) is 91.7 cm³/mol. The monoisotopic (exact) mass is 286 g/mol. The molecule has 0 radical (unpaired) electrons. The maximum absolute atomic E-state index is 11.9. The summed E-state index contributed by atoms with van der Waals surface area (Å²) < 4.78 is 0. The molecule has 3 heteroatoms. The number of carbonyl (C=O) groups is 1. The molecule has 21 heavy (non-hydrogen) atoms. The van der Waals surface area contributed by atoms with Gasteiger partial charge in [0, 0.05) is 19.8 Å². The summed E-state index contributed by atoms with van der Waals surface area (Å²) in [4.78, 5) is 15.8. The molecule has 1 aromatic carbocycles. The van der Waals surface area contributed by atoms with E-state index in [1.54, 1.807) is 19.2 Å². The van der Waals surface area contributed by atoms with Crippen molar-refractivity contribution in [3.8, 4) is 0 Å². The quantitative estimate of drug-likeness (QED) is 0.483. The van der Waals surface area contributed by atoms with Gasteiger partial charge in [-0.05, 0) is 23.6 Å². The van der Waals surface area contributed by atoms with Gasteiger partial charge in [-0.15, -0.1) is 0 Å². The van der Waals surface area contributed by atoms with E-state index in [0.29, 0.717) is 12.1 Å². The van der Waals surface area contributed by atoms with Crippen LogP contribution in [0, 0.1) is 0 Å². The topological polar surface area (TPSA) is 41.5 Å². The minimum atomic E-state index is -0.146. The van der Waals surface area contributed by atoms with Crippen LogP contribution in [0.25, 0.3) is 0 Å². The molecule has 0 saturated carbocycles. The molecule has 1 N–H and O–H groups in total. The Morgan fingerprint density at radius 1 is 1.33 bits per heavy atom. The lowest BCUT2D eigenvalue weighted by Crippen LogP contribution is -2.25. The molecule has 0 unspecified atom stereocenters. The number of nitrogens with zero attached hydrogens (tertiary/aromatic N) is 1. The highest BCUT2D eigenvalue weighted by Gasteiger charge is 2.05. The molecule has 1 rings (SSSR count). The summed E-state index contributed by atoms with van der Waals surface area (Å²) in [6.07, 6.45) is 5.74. The molecule has 0 aliphatic carbocycles. The second-order valence-electron chi connectivity index (χ2n) is 4.10. The predicted octanol–water partition coefficient (Wildman–Crippen LogP) is 3.70. The van der Waals surface area contributed by atoms with Crippen LogP contribution in [0.3, 0.4) is 0 Å². The van der Waals surface area contributed by atoms with Gasteiger partial charge in [0.05, 0.1) is 5.57 Å². The van der Waals surface area contributed by atoms with Crippen LogP contribution < -0.4 is 5.32 Å². The number of nitrogens with one attached hydrogen (secondary N) is 1. The van der Waals surface area contributed by atoms with E-state index in [0.717, 1.165) is 12.0 Å². The van der Waals surface area contributed by atoms with E-state index in [4.69, 9.17) is 0 Å². The van der Waals surface area contributed by atoms with E-state index in [2.05, 4.69) is 35.9 Å². The number of hydrogen-bond donors (Lipinski definition) is 1. The molecule has 0 fully saturated rings. The summed E-state index contributed by atoms with van der Waals surface area (Å²) in [5, 5.41) is 2.87.